The summed E-state index contributed by atoms with van der Waals surface area (Å²) in [6.07, 6.45) is 1.90. The van der Waals surface area contributed by atoms with E-state index in [4.69, 9.17) is 16.3 Å². The van der Waals surface area contributed by atoms with Crippen LogP contribution >= 0.6 is 11.6 Å². The van der Waals surface area contributed by atoms with Crippen LogP contribution in [-0.2, 0) is 11.2 Å². The fourth-order valence-electron chi connectivity index (χ4n) is 3.10. The van der Waals surface area contributed by atoms with Crippen molar-refractivity contribution in [2.24, 2.45) is 0 Å². The van der Waals surface area contributed by atoms with Gasteiger partial charge in [-0.2, -0.15) is 0 Å². The van der Waals surface area contributed by atoms with Crippen LogP contribution in [0.15, 0.2) is 42.5 Å². The van der Waals surface area contributed by atoms with Crippen LogP contribution in [0.4, 0.5) is 0 Å². The highest BCUT2D eigenvalue weighted by atomic mass is 35.5. The molecule has 3 rings (SSSR count). The lowest BCUT2D eigenvalue weighted by atomic mass is 9.99. The molecule has 0 aromatic heterocycles. The molecular weight excluding hydrogens is 326 g/mol. The molecule has 0 fully saturated rings. The maximum absolute atomic E-state index is 12.3. The summed E-state index contributed by atoms with van der Waals surface area (Å²) in [7, 11) is 1.37. The molecule has 0 saturated carbocycles. The average Bonchev–Trinajstić information content (AvgIpc) is 3.01. The van der Waals surface area contributed by atoms with Crippen LogP contribution in [0.5, 0.6) is 0 Å². The third-order valence-corrected chi connectivity index (χ3v) is 4.73. The molecule has 0 spiro atoms. The number of amides is 1. The van der Waals surface area contributed by atoms with Gasteiger partial charge in [0.25, 0.3) is 5.91 Å². The molecule has 2 aromatic rings. The second kappa shape index (κ2) is 7.05. The number of carbonyl (C=O) groups excluding carboxylic acids is 2. The first kappa shape index (κ1) is 16.5. The molecule has 5 heteroatoms. The number of esters is 1. The number of benzene rings is 2. The number of ether oxygens (including phenoxy) is 1. The van der Waals surface area contributed by atoms with Crippen LogP contribution in [-0.4, -0.2) is 25.5 Å². The van der Waals surface area contributed by atoms with Gasteiger partial charge in [0.2, 0.25) is 0 Å². The summed E-state index contributed by atoms with van der Waals surface area (Å²) in [4.78, 5) is 24.0. The van der Waals surface area contributed by atoms with Gasteiger partial charge in [0.05, 0.1) is 23.3 Å². The first-order valence-corrected chi connectivity index (χ1v) is 8.22. The maximum Gasteiger partial charge on any atom is 0.337 e. The number of aryl methyl sites for hydroxylation is 1. The number of nitrogens with one attached hydrogen (secondary N) is 1. The van der Waals surface area contributed by atoms with Gasteiger partial charge in [0.1, 0.15) is 0 Å². The van der Waals surface area contributed by atoms with E-state index in [0.29, 0.717) is 22.7 Å². The topological polar surface area (TPSA) is 55.4 Å². The summed E-state index contributed by atoms with van der Waals surface area (Å²) >= 11 is 6.05. The standard InChI is InChI=1S/C19H18ClNO3/c1-24-19(23)13-8-6-12-7-9-14(16(12)10-13)11-21-18(22)15-4-2-3-5-17(15)20/h2-6,8,10,14H,7,9,11H2,1H3,(H,21,22). The van der Waals surface area contributed by atoms with E-state index in [1.165, 1.54) is 12.7 Å². The fourth-order valence-corrected chi connectivity index (χ4v) is 3.32. The lowest BCUT2D eigenvalue weighted by Crippen LogP contribution is -2.28. The minimum absolute atomic E-state index is 0.182. The van der Waals surface area contributed by atoms with Crippen molar-refractivity contribution in [3.8, 4) is 0 Å². The van der Waals surface area contributed by atoms with Crippen LogP contribution in [0.25, 0.3) is 0 Å². The van der Waals surface area contributed by atoms with Gasteiger partial charge >= 0.3 is 5.97 Å². The lowest BCUT2D eigenvalue weighted by Gasteiger charge is -2.14. The van der Waals surface area contributed by atoms with E-state index < -0.39 is 0 Å². The minimum Gasteiger partial charge on any atom is -0.465 e. The highest BCUT2D eigenvalue weighted by molar-refractivity contribution is 6.33. The Balaban J connectivity index is 1.71. The normalized spacial score (nSPS) is 15.7. The third-order valence-electron chi connectivity index (χ3n) is 4.40. The second-order valence-electron chi connectivity index (χ2n) is 5.83. The van der Waals surface area contributed by atoms with Crippen LogP contribution in [0, 0.1) is 0 Å². The summed E-state index contributed by atoms with van der Waals surface area (Å²) in [5.41, 5.74) is 3.35. The zero-order valence-electron chi connectivity index (χ0n) is 13.3. The predicted molar refractivity (Wildman–Crippen MR) is 92.6 cm³/mol. The Morgan fingerprint density at radius 3 is 2.79 bits per heavy atom. The zero-order chi connectivity index (χ0) is 17.1. The molecule has 1 amide bonds. The van der Waals surface area contributed by atoms with Crippen LogP contribution in [0.3, 0.4) is 0 Å². The van der Waals surface area contributed by atoms with Crippen LogP contribution in [0.2, 0.25) is 5.02 Å². The molecule has 1 unspecified atom stereocenters. The van der Waals surface area contributed by atoms with Crippen LogP contribution in [0.1, 0.15) is 44.2 Å². The van der Waals surface area contributed by atoms with Crippen molar-refractivity contribution < 1.29 is 14.3 Å². The quantitative estimate of drug-likeness (QED) is 0.863. The number of fused-ring (bicyclic) bond motifs is 1. The van der Waals surface area contributed by atoms with Gasteiger partial charge in [0, 0.05) is 12.5 Å². The van der Waals surface area contributed by atoms with Crippen molar-refractivity contribution in [1.82, 2.24) is 5.32 Å². The van der Waals surface area contributed by atoms with Crippen molar-refractivity contribution in [3.63, 3.8) is 0 Å². The molecule has 4 nitrogen and oxygen atoms in total. The number of rotatable bonds is 4. The zero-order valence-corrected chi connectivity index (χ0v) is 14.1. The highest BCUT2D eigenvalue weighted by Crippen LogP contribution is 2.33. The number of hydrogen-bond acceptors (Lipinski definition) is 3. The summed E-state index contributed by atoms with van der Waals surface area (Å²) in [6.45, 7) is 0.516. The average molecular weight is 344 g/mol. The molecule has 24 heavy (non-hydrogen) atoms. The van der Waals surface area contributed by atoms with Gasteiger partial charge in [-0.15, -0.1) is 0 Å². The second-order valence-corrected chi connectivity index (χ2v) is 6.24. The SMILES string of the molecule is COC(=O)c1ccc2c(c1)C(CNC(=O)c1ccccc1Cl)CC2. The van der Waals surface area contributed by atoms with E-state index >= 15 is 0 Å². The molecule has 0 saturated heterocycles. The fraction of sp³-hybridized carbons (Fsp3) is 0.263. The maximum atomic E-state index is 12.3. The summed E-state index contributed by atoms with van der Waals surface area (Å²) < 4.78 is 4.78. The number of methoxy groups -OCH3 is 1. The Morgan fingerprint density at radius 1 is 1.25 bits per heavy atom. The highest BCUT2D eigenvalue weighted by Gasteiger charge is 2.24. The van der Waals surface area contributed by atoms with Crippen molar-refractivity contribution in [1.29, 1.82) is 0 Å². The van der Waals surface area contributed by atoms with Crippen molar-refractivity contribution in [3.05, 3.63) is 69.7 Å². The Morgan fingerprint density at radius 2 is 2.04 bits per heavy atom. The summed E-state index contributed by atoms with van der Waals surface area (Å²) in [5, 5.41) is 3.39. The van der Waals surface area contributed by atoms with Crippen LogP contribution < -0.4 is 5.32 Å². The molecular formula is C19H18ClNO3. The van der Waals surface area contributed by atoms with Gasteiger partial charge in [-0.25, -0.2) is 4.79 Å². The summed E-state index contributed by atoms with van der Waals surface area (Å²) in [5.74, 6) is -0.335. The van der Waals surface area contributed by atoms with E-state index in [9.17, 15) is 9.59 Å². The molecule has 124 valence electrons. The Labute approximate surface area is 145 Å². The van der Waals surface area contributed by atoms with E-state index in [0.717, 1.165) is 18.4 Å². The van der Waals surface area contributed by atoms with Crippen molar-refractivity contribution >= 4 is 23.5 Å². The monoisotopic (exact) mass is 343 g/mol. The van der Waals surface area contributed by atoms with E-state index in [-0.39, 0.29) is 17.8 Å². The number of halogens is 1. The molecule has 0 aliphatic heterocycles. The first-order valence-electron chi connectivity index (χ1n) is 7.84. The molecule has 1 aliphatic rings. The lowest BCUT2D eigenvalue weighted by molar-refractivity contribution is 0.0600. The third kappa shape index (κ3) is 3.29. The summed E-state index contributed by atoms with van der Waals surface area (Å²) in [6, 6.07) is 12.6. The van der Waals surface area contributed by atoms with Gasteiger partial charge < -0.3 is 10.1 Å². The van der Waals surface area contributed by atoms with E-state index in [1.54, 1.807) is 30.3 Å². The van der Waals surface area contributed by atoms with Crippen molar-refractivity contribution in [2.45, 2.75) is 18.8 Å². The molecule has 0 bridgehead atoms. The van der Waals surface area contributed by atoms with Gasteiger partial charge in [-0.05, 0) is 48.2 Å². The Bertz CT molecular complexity index is 788. The van der Waals surface area contributed by atoms with Gasteiger partial charge in [-0.1, -0.05) is 29.8 Å². The largest absolute Gasteiger partial charge is 0.465 e. The smallest absolute Gasteiger partial charge is 0.337 e. The predicted octanol–water partition coefficient (Wildman–Crippen LogP) is 3.59. The minimum atomic E-state index is -0.344. The van der Waals surface area contributed by atoms with Gasteiger partial charge in [-0.3, -0.25) is 4.79 Å². The van der Waals surface area contributed by atoms with E-state index in [2.05, 4.69) is 5.32 Å². The molecule has 0 heterocycles. The molecule has 0 radical (unpaired) electrons. The number of hydrogen-bond donors (Lipinski definition) is 1. The molecule has 1 aliphatic carbocycles. The van der Waals surface area contributed by atoms with Gasteiger partial charge in [0.15, 0.2) is 0 Å². The van der Waals surface area contributed by atoms with E-state index in [1.807, 2.05) is 12.1 Å². The Kier molecular flexibility index (Phi) is 4.86. The molecule has 1 atom stereocenters. The molecule has 1 N–H and O–H groups in total. The number of carbonyl (C=O) groups is 2. The van der Waals surface area contributed by atoms with Crippen molar-refractivity contribution in [2.75, 3.05) is 13.7 Å². The molecule has 2 aromatic carbocycles. The Hall–Kier alpha value is -2.33. The first-order chi connectivity index (χ1) is 11.6.